The fourth-order valence-electron chi connectivity index (χ4n) is 1.18. The maximum absolute atomic E-state index is 11.2. The summed E-state index contributed by atoms with van der Waals surface area (Å²) in [5, 5.41) is -0.0999. The fraction of sp³-hybridized carbons (Fsp3) is 0.364. The number of halogens is 1. The Labute approximate surface area is 104 Å². The van der Waals surface area contributed by atoms with E-state index in [9.17, 15) is 4.79 Å². The highest BCUT2D eigenvalue weighted by Crippen LogP contribution is 2.25. The van der Waals surface area contributed by atoms with Crippen molar-refractivity contribution in [1.29, 1.82) is 0 Å². The number of thiol groups is 1. The number of benzene rings is 1. The van der Waals surface area contributed by atoms with Crippen molar-refractivity contribution >= 4 is 34.5 Å². The van der Waals surface area contributed by atoms with E-state index in [1.807, 2.05) is 24.3 Å². The molecular formula is C11H13BrO2S. The third kappa shape index (κ3) is 4.26. The molecule has 0 heterocycles. The van der Waals surface area contributed by atoms with E-state index in [-0.39, 0.29) is 11.2 Å². The summed E-state index contributed by atoms with van der Waals surface area (Å²) in [7, 11) is 0. The topological polar surface area (TPSA) is 26.3 Å². The summed E-state index contributed by atoms with van der Waals surface area (Å²) in [6.45, 7) is 2.21. The molecule has 0 aliphatic rings. The van der Waals surface area contributed by atoms with Gasteiger partial charge < -0.3 is 4.74 Å². The van der Waals surface area contributed by atoms with E-state index in [2.05, 4.69) is 28.6 Å². The lowest BCUT2D eigenvalue weighted by molar-refractivity contribution is -0.143. The molecule has 4 heteroatoms. The number of hydrogen-bond acceptors (Lipinski definition) is 3. The molecule has 0 amide bonds. The molecule has 0 saturated carbocycles. The minimum absolute atomic E-state index is 0.0999. The molecule has 0 saturated heterocycles. The molecule has 15 heavy (non-hydrogen) atoms. The van der Waals surface area contributed by atoms with Crippen molar-refractivity contribution in [3.05, 3.63) is 34.3 Å². The van der Waals surface area contributed by atoms with Gasteiger partial charge >= 0.3 is 5.97 Å². The maximum Gasteiger partial charge on any atom is 0.307 e. The van der Waals surface area contributed by atoms with Crippen molar-refractivity contribution in [2.24, 2.45) is 0 Å². The third-order valence-corrected chi connectivity index (χ3v) is 2.93. The Morgan fingerprint density at radius 3 is 2.60 bits per heavy atom. The second-order valence-electron chi connectivity index (χ2n) is 3.08. The van der Waals surface area contributed by atoms with Crippen molar-refractivity contribution in [2.75, 3.05) is 6.61 Å². The first kappa shape index (κ1) is 12.6. The minimum atomic E-state index is -0.208. The molecule has 82 valence electrons. The average Bonchev–Trinajstić information content (AvgIpc) is 2.18. The number of hydrogen-bond donors (Lipinski definition) is 1. The Bertz CT molecular complexity index is 324. The normalized spacial score (nSPS) is 12.2. The smallest absolute Gasteiger partial charge is 0.307 e. The van der Waals surface area contributed by atoms with Crippen LogP contribution in [0.1, 0.15) is 24.2 Å². The van der Waals surface area contributed by atoms with Crippen LogP contribution in [0.25, 0.3) is 0 Å². The molecule has 1 atom stereocenters. The highest BCUT2D eigenvalue weighted by atomic mass is 79.9. The van der Waals surface area contributed by atoms with E-state index in [4.69, 9.17) is 4.74 Å². The van der Waals surface area contributed by atoms with Gasteiger partial charge in [-0.25, -0.2) is 0 Å². The van der Waals surface area contributed by atoms with Crippen LogP contribution in [0.3, 0.4) is 0 Å². The van der Waals surface area contributed by atoms with Gasteiger partial charge in [0.25, 0.3) is 0 Å². The summed E-state index contributed by atoms with van der Waals surface area (Å²) in [6.07, 6.45) is 0.304. The van der Waals surface area contributed by atoms with Gasteiger partial charge in [0.05, 0.1) is 13.0 Å². The van der Waals surface area contributed by atoms with Crippen LogP contribution in [0.2, 0.25) is 0 Å². The number of rotatable bonds is 4. The highest BCUT2D eigenvalue weighted by Gasteiger charge is 2.12. The Balaban J connectivity index is 2.57. The number of ether oxygens (including phenoxy) is 1. The van der Waals surface area contributed by atoms with Gasteiger partial charge in [-0.2, -0.15) is 12.6 Å². The summed E-state index contributed by atoms with van der Waals surface area (Å²) in [4.78, 5) is 11.2. The summed E-state index contributed by atoms with van der Waals surface area (Å²) in [6, 6.07) is 7.76. The van der Waals surface area contributed by atoms with Crippen LogP contribution in [0.15, 0.2) is 28.7 Å². The average molecular weight is 289 g/mol. The summed E-state index contributed by atoms with van der Waals surface area (Å²) in [5.74, 6) is -0.208. The second kappa shape index (κ2) is 6.18. The Hall–Kier alpha value is -0.480. The second-order valence-corrected chi connectivity index (χ2v) is 4.62. The molecule has 2 nitrogen and oxygen atoms in total. The van der Waals surface area contributed by atoms with Crippen LogP contribution < -0.4 is 0 Å². The van der Waals surface area contributed by atoms with E-state index in [0.717, 1.165) is 10.0 Å². The Morgan fingerprint density at radius 2 is 2.07 bits per heavy atom. The molecule has 0 aromatic heterocycles. The molecule has 0 aliphatic heterocycles. The Morgan fingerprint density at radius 1 is 1.47 bits per heavy atom. The monoisotopic (exact) mass is 288 g/mol. The fourth-order valence-corrected chi connectivity index (χ4v) is 1.77. The van der Waals surface area contributed by atoms with Gasteiger partial charge in [0.15, 0.2) is 0 Å². The van der Waals surface area contributed by atoms with Crippen LogP contribution in [-0.2, 0) is 9.53 Å². The maximum atomic E-state index is 11.2. The van der Waals surface area contributed by atoms with Gasteiger partial charge in [-0.1, -0.05) is 28.1 Å². The van der Waals surface area contributed by atoms with Crippen molar-refractivity contribution in [3.8, 4) is 0 Å². The van der Waals surface area contributed by atoms with Gasteiger partial charge in [0.1, 0.15) is 0 Å². The van der Waals surface area contributed by atoms with Gasteiger partial charge in [-0.05, 0) is 24.6 Å². The van der Waals surface area contributed by atoms with Gasteiger partial charge in [-0.3, -0.25) is 4.79 Å². The van der Waals surface area contributed by atoms with Crippen LogP contribution in [0.5, 0.6) is 0 Å². The number of carbonyl (C=O) groups is 1. The van der Waals surface area contributed by atoms with Crippen molar-refractivity contribution < 1.29 is 9.53 Å². The minimum Gasteiger partial charge on any atom is -0.466 e. The summed E-state index contributed by atoms with van der Waals surface area (Å²) in [5.41, 5.74) is 1.02. The third-order valence-electron chi connectivity index (χ3n) is 1.92. The number of carbonyl (C=O) groups excluding carboxylic acids is 1. The zero-order valence-electron chi connectivity index (χ0n) is 8.44. The first-order valence-electron chi connectivity index (χ1n) is 4.72. The molecule has 1 unspecified atom stereocenters. The molecule has 0 aliphatic carbocycles. The van der Waals surface area contributed by atoms with Crippen molar-refractivity contribution in [3.63, 3.8) is 0 Å². The first-order valence-corrected chi connectivity index (χ1v) is 6.03. The lowest BCUT2D eigenvalue weighted by Gasteiger charge is -2.10. The molecule has 0 fully saturated rings. The van der Waals surface area contributed by atoms with E-state index >= 15 is 0 Å². The molecule has 0 spiro atoms. The lowest BCUT2D eigenvalue weighted by Crippen LogP contribution is -2.07. The molecule has 1 aromatic carbocycles. The molecular weight excluding hydrogens is 276 g/mol. The predicted molar refractivity (Wildman–Crippen MR) is 67.1 cm³/mol. The summed E-state index contributed by atoms with van der Waals surface area (Å²) >= 11 is 7.72. The van der Waals surface area contributed by atoms with Crippen molar-refractivity contribution in [1.82, 2.24) is 0 Å². The molecule has 0 N–H and O–H groups in total. The predicted octanol–water partition coefficient (Wildman–Crippen LogP) is 3.37. The van der Waals surface area contributed by atoms with Crippen LogP contribution in [-0.4, -0.2) is 12.6 Å². The van der Waals surface area contributed by atoms with Crippen LogP contribution >= 0.6 is 28.6 Å². The largest absolute Gasteiger partial charge is 0.466 e. The highest BCUT2D eigenvalue weighted by molar-refractivity contribution is 9.10. The number of esters is 1. The SMILES string of the molecule is CCOC(=O)CC(S)c1ccc(Br)cc1. The lowest BCUT2D eigenvalue weighted by atomic mass is 10.1. The van der Waals surface area contributed by atoms with Crippen molar-refractivity contribution in [2.45, 2.75) is 18.6 Å². The van der Waals surface area contributed by atoms with Gasteiger partial charge in [0, 0.05) is 9.72 Å². The zero-order valence-corrected chi connectivity index (χ0v) is 10.9. The van der Waals surface area contributed by atoms with Gasteiger partial charge in [0.2, 0.25) is 0 Å². The Kier molecular flexibility index (Phi) is 5.19. The van der Waals surface area contributed by atoms with E-state index < -0.39 is 0 Å². The van der Waals surface area contributed by atoms with Crippen LogP contribution in [0, 0.1) is 0 Å². The molecule has 0 radical (unpaired) electrons. The molecule has 0 bridgehead atoms. The standard InChI is InChI=1S/C11H13BrO2S/c1-2-14-11(13)7-10(15)8-3-5-9(12)6-4-8/h3-6,10,15H,2,7H2,1H3. The summed E-state index contributed by atoms with van der Waals surface area (Å²) < 4.78 is 5.88. The van der Waals surface area contributed by atoms with Gasteiger partial charge in [-0.15, -0.1) is 0 Å². The zero-order chi connectivity index (χ0) is 11.3. The first-order chi connectivity index (χ1) is 7.13. The van der Waals surface area contributed by atoms with E-state index in [1.54, 1.807) is 6.92 Å². The van der Waals surface area contributed by atoms with E-state index in [0.29, 0.717) is 13.0 Å². The van der Waals surface area contributed by atoms with E-state index in [1.165, 1.54) is 0 Å². The molecule has 1 aromatic rings. The molecule has 1 rings (SSSR count). The quantitative estimate of drug-likeness (QED) is 0.679. The van der Waals surface area contributed by atoms with Crippen LogP contribution in [0.4, 0.5) is 0 Å².